The van der Waals surface area contributed by atoms with Gasteiger partial charge in [0.15, 0.2) is 0 Å². The van der Waals surface area contributed by atoms with Gasteiger partial charge in [-0.15, -0.1) is 0 Å². The van der Waals surface area contributed by atoms with E-state index in [1.807, 2.05) is 0 Å². The van der Waals surface area contributed by atoms with Crippen LogP contribution in [0.25, 0.3) is 11.5 Å². The zero-order chi connectivity index (χ0) is 13.7. The van der Waals surface area contributed by atoms with Gasteiger partial charge in [0.25, 0.3) is 0 Å². The molecule has 100 valence electrons. The van der Waals surface area contributed by atoms with Gasteiger partial charge in [-0.1, -0.05) is 16.8 Å². The van der Waals surface area contributed by atoms with Crippen LogP contribution in [0.2, 0.25) is 5.02 Å². The number of carboxylic acid groups (broad SMARTS) is 1. The Balaban J connectivity index is 1.91. The van der Waals surface area contributed by atoms with Crippen LogP contribution in [0.5, 0.6) is 0 Å². The number of hydrogen-bond donors (Lipinski definition) is 1. The number of pyridine rings is 1. The zero-order valence-corrected chi connectivity index (χ0v) is 10.8. The second-order valence-electron chi connectivity index (χ2n) is 3.97. The molecule has 7 heteroatoms. The monoisotopic (exact) mass is 281 g/mol. The maximum absolute atomic E-state index is 10.4. The van der Waals surface area contributed by atoms with Gasteiger partial charge in [-0.2, -0.15) is 4.98 Å². The third-order valence-corrected chi connectivity index (χ3v) is 2.68. The second kappa shape index (κ2) is 6.29. The van der Waals surface area contributed by atoms with E-state index in [0.29, 0.717) is 41.7 Å². The summed E-state index contributed by atoms with van der Waals surface area (Å²) in [7, 11) is 0. The van der Waals surface area contributed by atoms with Crippen LogP contribution in [0.1, 0.15) is 25.2 Å². The van der Waals surface area contributed by atoms with E-state index in [1.54, 1.807) is 12.1 Å². The topological polar surface area (TPSA) is 89.1 Å². The van der Waals surface area contributed by atoms with Crippen molar-refractivity contribution in [2.45, 2.75) is 25.7 Å². The SMILES string of the molecule is O=C(O)CCCCc1nc(-c2ccc(Cl)cn2)no1. The predicted octanol–water partition coefficient (Wildman–Crippen LogP) is 2.58. The summed E-state index contributed by atoms with van der Waals surface area (Å²) in [6.07, 6.45) is 3.52. The Morgan fingerprint density at radius 2 is 2.21 bits per heavy atom. The van der Waals surface area contributed by atoms with Crippen LogP contribution in [0.3, 0.4) is 0 Å². The second-order valence-corrected chi connectivity index (χ2v) is 4.41. The minimum Gasteiger partial charge on any atom is -0.481 e. The summed E-state index contributed by atoms with van der Waals surface area (Å²) < 4.78 is 5.07. The lowest BCUT2D eigenvalue weighted by Gasteiger charge is -1.93. The van der Waals surface area contributed by atoms with Crippen LogP contribution in [0, 0.1) is 0 Å². The summed E-state index contributed by atoms with van der Waals surface area (Å²) in [5, 5.41) is 12.9. The first kappa shape index (κ1) is 13.5. The molecular formula is C12H12ClN3O3. The van der Waals surface area contributed by atoms with Gasteiger partial charge in [-0.25, -0.2) is 0 Å². The lowest BCUT2D eigenvalue weighted by molar-refractivity contribution is -0.137. The molecule has 0 bridgehead atoms. The summed E-state index contributed by atoms with van der Waals surface area (Å²) >= 11 is 5.74. The van der Waals surface area contributed by atoms with Gasteiger partial charge in [0, 0.05) is 19.0 Å². The Labute approximate surface area is 114 Å². The zero-order valence-electron chi connectivity index (χ0n) is 10.0. The Morgan fingerprint density at radius 1 is 1.37 bits per heavy atom. The molecule has 1 N–H and O–H groups in total. The van der Waals surface area contributed by atoms with Crippen molar-refractivity contribution in [2.24, 2.45) is 0 Å². The summed E-state index contributed by atoms with van der Waals surface area (Å²) in [5.41, 5.74) is 0.588. The first-order chi connectivity index (χ1) is 9.15. The van der Waals surface area contributed by atoms with E-state index in [0.717, 1.165) is 0 Å². The van der Waals surface area contributed by atoms with Crippen molar-refractivity contribution in [2.75, 3.05) is 0 Å². The van der Waals surface area contributed by atoms with Crippen LogP contribution in [-0.4, -0.2) is 26.2 Å². The molecule has 2 rings (SSSR count). The van der Waals surface area contributed by atoms with Crippen molar-refractivity contribution in [3.05, 3.63) is 29.2 Å². The fourth-order valence-corrected chi connectivity index (χ4v) is 1.63. The predicted molar refractivity (Wildman–Crippen MR) is 67.7 cm³/mol. The molecule has 0 saturated carbocycles. The molecule has 0 saturated heterocycles. The summed E-state index contributed by atoms with van der Waals surface area (Å²) in [4.78, 5) is 18.6. The first-order valence-electron chi connectivity index (χ1n) is 5.81. The first-order valence-corrected chi connectivity index (χ1v) is 6.19. The van der Waals surface area contributed by atoms with Gasteiger partial charge < -0.3 is 9.63 Å². The molecule has 0 fully saturated rings. The molecule has 0 aromatic carbocycles. The van der Waals surface area contributed by atoms with E-state index in [9.17, 15) is 4.79 Å². The average molecular weight is 282 g/mol. The molecule has 6 nitrogen and oxygen atoms in total. The summed E-state index contributed by atoms with van der Waals surface area (Å²) in [5.74, 6) is 0.0959. The number of unbranched alkanes of at least 4 members (excludes halogenated alkanes) is 1. The molecule has 2 aromatic heterocycles. The minimum absolute atomic E-state index is 0.153. The molecule has 0 aliphatic carbocycles. The fraction of sp³-hybridized carbons (Fsp3) is 0.333. The number of carboxylic acids is 1. The van der Waals surface area contributed by atoms with Crippen molar-refractivity contribution in [1.82, 2.24) is 15.1 Å². The third kappa shape index (κ3) is 4.03. The smallest absolute Gasteiger partial charge is 0.303 e. The number of hydrogen-bond acceptors (Lipinski definition) is 5. The summed E-state index contributed by atoms with van der Waals surface area (Å²) in [6, 6.07) is 3.41. The maximum Gasteiger partial charge on any atom is 0.303 e. The van der Waals surface area contributed by atoms with Gasteiger partial charge in [0.05, 0.1) is 5.02 Å². The van der Waals surface area contributed by atoms with Crippen molar-refractivity contribution < 1.29 is 14.4 Å². The van der Waals surface area contributed by atoms with E-state index in [1.165, 1.54) is 6.20 Å². The molecule has 2 aromatic rings. The highest BCUT2D eigenvalue weighted by Crippen LogP contribution is 2.16. The molecule has 0 amide bonds. The Kier molecular flexibility index (Phi) is 4.46. The average Bonchev–Trinajstić information content (AvgIpc) is 2.84. The molecule has 0 aliphatic rings. The van der Waals surface area contributed by atoms with Crippen LogP contribution in [0.15, 0.2) is 22.9 Å². The van der Waals surface area contributed by atoms with Crippen LogP contribution in [0.4, 0.5) is 0 Å². The third-order valence-electron chi connectivity index (χ3n) is 2.46. The standard InChI is InChI=1S/C12H12ClN3O3/c13-8-5-6-9(14-7-8)12-15-10(19-16-12)3-1-2-4-11(17)18/h5-7H,1-4H2,(H,17,18). The van der Waals surface area contributed by atoms with Gasteiger partial charge >= 0.3 is 5.97 Å². The van der Waals surface area contributed by atoms with E-state index >= 15 is 0 Å². The van der Waals surface area contributed by atoms with Crippen LogP contribution in [-0.2, 0) is 11.2 Å². The van der Waals surface area contributed by atoms with E-state index in [4.69, 9.17) is 21.2 Å². The van der Waals surface area contributed by atoms with Gasteiger partial charge in [0.2, 0.25) is 11.7 Å². The van der Waals surface area contributed by atoms with Crippen LogP contribution < -0.4 is 0 Å². The Bertz CT molecular complexity index is 554. The van der Waals surface area contributed by atoms with Crippen LogP contribution >= 0.6 is 11.6 Å². The Morgan fingerprint density at radius 3 is 2.89 bits per heavy atom. The van der Waals surface area contributed by atoms with Crippen molar-refractivity contribution in [3.63, 3.8) is 0 Å². The number of halogens is 1. The highest BCUT2D eigenvalue weighted by Gasteiger charge is 2.09. The van der Waals surface area contributed by atoms with E-state index in [-0.39, 0.29) is 6.42 Å². The quantitative estimate of drug-likeness (QED) is 0.819. The molecule has 0 unspecified atom stereocenters. The lowest BCUT2D eigenvalue weighted by Crippen LogP contribution is -1.95. The maximum atomic E-state index is 10.4. The Hall–Kier alpha value is -1.95. The normalized spacial score (nSPS) is 10.6. The highest BCUT2D eigenvalue weighted by molar-refractivity contribution is 6.30. The van der Waals surface area contributed by atoms with Crippen molar-refractivity contribution in [1.29, 1.82) is 0 Å². The van der Waals surface area contributed by atoms with E-state index in [2.05, 4.69) is 15.1 Å². The molecule has 2 heterocycles. The van der Waals surface area contributed by atoms with Crippen molar-refractivity contribution in [3.8, 4) is 11.5 Å². The van der Waals surface area contributed by atoms with E-state index < -0.39 is 5.97 Å². The number of aryl methyl sites for hydroxylation is 1. The number of nitrogens with zero attached hydrogens (tertiary/aromatic N) is 3. The number of aliphatic carboxylic acids is 1. The molecule has 0 aliphatic heterocycles. The summed E-state index contributed by atoms with van der Waals surface area (Å²) in [6.45, 7) is 0. The number of rotatable bonds is 6. The number of carbonyl (C=O) groups is 1. The van der Waals surface area contributed by atoms with Gasteiger partial charge in [-0.05, 0) is 25.0 Å². The molecule has 0 spiro atoms. The minimum atomic E-state index is -0.795. The van der Waals surface area contributed by atoms with Gasteiger partial charge in [0.1, 0.15) is 5.69 Å². The molecule has 0 atom stereocenters. The largest absolute Gasteiger partial charge is 0.481 e. The number of aromatic nitrogens is 3. The highest BCUT2D eigenvalue weighted by atomic mass is 35.5. The molecular weight excluding hydrogens is 270 g/mol. The van der Waals surface area contributed by atoms with Crippen molar-refractivity contribution >= 4 is 17.6 Å². The van der Waals surface area contributed by atoms with Gasteiger partial charge in [-0.3, -0.25) is 9.78 Å². The molecule has 19 heavy (non-hydrogen) atoms. The molecule has 0 radical (unpaired) electrons. The fourth-order valence-electron chi connectivity index (χ4n) is 1.52. The lowest BCUT2D eigenvalue weighted by atomic mass is 10.2.